The number of hydrogen-bond acceptors (Lipinski definition) is 1. The van der Waals surface area contributed by atoms with Crippen LogP contribution in [-0.2, 0) is 6.54 Å². The van der Waals surface area contributed by atoms with E-state index in [0.717, 1.165) is 13.1 Å². The zero-order valence-electron chi connectivity index (χ0n) is 11.1. The lowest BCUT2D eigenvalue weighted by Crippen LogP contribution is -2.15. The molecule has 0 unspecified atom stereocenters. The van der Waals surface area contributed by atoms with Crippen LogP contribution in [0.1, 0.15) is 0 Å². The maximum absolute atomic E-state index is 3.23. The van der Waals surface area contributed by atoms with Crippen molar-refractivity contribution in [2.24, 2.45) is 0 Å². The quantitative estimate of drug-likeness (QED) is 0.749. The van der Waals surface area contributed by atoms with Crippen LogP contribution in [0.15, 0.2) is 60.7 Å². The van der Waals surface area contributed by atoms with Gasteiger partial charge in [-0.05, 0) is 24.7 Å². The number of benzene rings is 2. The molecule has 0 amide bonds. The molecule has 0 radical (unpaired) electrons. The topological polar surface area (TPSA) is 17.0 Å². The largest absolute Gasteiger partial charge is 0.339 e. The molecule has 0 atom stereocenters. The van der Waals surface area contributed by atoms with Crippen LogP contribution >= 0.6 is 0 Å². The Kier molecular flexibility index (Phi) is 3.34. The number of para-hydroxylation sites is 1. The summed E-state index contributed by atoms with van der Waals surface area (Å²) in [5.41, 5.74) is 3.86. The molecule has 2 heteroatoms. The molecule has 19 heavy (non-hydrogen) atoms. The molecule has 96 valence electrons. The first-order chi connectivity index (χ1) is 9.40. The molecule has 0 fully saturated rings. The summed E-state index contributed by atoms with van der Waals surface area (Å²) in [4.78, 5) is 0. The number of hydrogen-bond donors (Lipinski definition) is 1. The number of likely N-dealkylation sites (N-methyl/N-ethyl adjacent to an activating group) is 1. The Morgan fingerprint density at radius 3 is 2.47 bits per heavy atom. The van der Waals surface area contributed by atoms with Gasteiger partial charge in [0.2, 0.25) is 0 Å². The lowest BCUT2D eigenvalue weighted by atomic mass is 10.1. The van der Waals surface area contributed by atoms with Crippen LogP contribution in [0, 0.1) is 0 Å². The van der Waals surface area contributed by atoms with Crippen LogP contribution < -0.4 is 5.32 Å². The molecule has 0 saturated carbocycles. The van der Waals surface area contributed by atoms with Crippen molar-refractivity contribution >= 4 is 10.9 Å². The van der Waals surface area contributed by atoms with E-state index < -0.39 is 0 Å². The maximum atomic E-state index is 3.23. The highest BCUT2D eigenvalue weighted by Gasteiger charge is 2.09. The predicted octanol–water partition coefficient (Wildman–Crippen LogP) is 3.53. The zero-order valence-corrected chi connectivity index (χ0v) is 11.1. The molecule has 0 bridgehead atoms. The van der Waals surface area contributed by atoms with Gasteiger partial charge < -0.3 is 9.88 Å². The van der Waals surface area contributed by atoms with Crippen molar-refractivity contribution in [1.29, 1.82) is 0 Å². The summed E-state index contributed by atoms with van der Waals surface area (Å²) >= 11 is 0. The van der Waals surface area contributed by atoms with Crippen LogP contribution in [0.4, 0.5) is 0 Å². The minimum atomic E-state index is 0.971. The van der Waals surface area contributed by atoms with Crippen LogP contribution in [0.25, 0.3) is 22.2 Å². The van der Waals surface area contributed by atoms with Gasteiger partial charge in [0, 0.05) is 29.7 Å². The van der Waals surface area contributed by atoms with E-state index in [1.54, 1.807) is 0 Å². The van der Waals surface area contributed by atoms with Gasteiger partial charge in [-0.25, -0.2) is 0 Å². The Morgan fingerprint density at radius 2 is 1.68 bits per heavy atom. The molecule has 1 N–H and O–H groups in total. The summed E-state index contributed by atoms with van der Waals surface area (Å²) in [5, 5.41) is 4.53. The minimum Gasteiger partial charge on any atom is -0.339 e. The third-order valence-electron chi connectivity index (χ3n) is 3.47. The van der Waals surface area contributed by atoms with E-state index >= 15 is 0 Å². The Hall–Kier alpha value is -2.06. The first-order valence-corrected chi connectivity index (χ1v) is 6.68. The van der Waals surface area contributed by atoms with E-state index in [2.05, 4.69) is 70.5 Å². The molecule has 0 aliphatic rings. The second-order valence-corrected chi connectivity index (χ2v) is 4.71. The monoisotopic (exact) mass is 250 g/mol. The molecule has 3 aromatic rings. The van der Waals surface area contributed by atoms with Crippen LogP contribution in [0.5, 0.6) is 0 Å². The SMILES string of the molecule is CNCCn1c(-c2ccccc2)cc2ccccc21. The summed E-state index contributed by atoms with van der Waals surface area (Å²) < 4.78 is 2.39. The molecule has 0 aliphatic heterocycles. The second-order valence-electron chi connectivity index (χ2n) is 4.71. The van der Waals surface area contributed by atoms with Crippen molar-refractivity contribution in [3.8, 4) is 11.3 Å². The molecule has 1 aromatic heterocycles. The third-order valence-corrected chi connectivity index (χ3v) is 3.47. The fraction of sp³-hybridized carbons (Fsp3) is 0.176. The Morgan fingerprint density at radius 1 is 0.947 bits per heavy atom. The van der Waals surface area contributed by atoms with E-state index in [1.165, 1.54) is 22.2 Å². The van der Waals surface area contributed by atoms with Gasteiger partial charge in [-0.3, -0.25) is 0 Å². The summed E-state index contributed by atoms with van der Waals surface area (Å²) in [6.45, 7) is 1.95. The van der Waals surface area contributed by atoms with Crippen molar-refractivity contribution in [2.45, 2.75) is 6.54 Å². The van der Waals surface area contributed by atoms with Crippen molar-refractivity contribution < 1.29 is 0 Å². The zero-order chi connectivity index (χ0) is 13.1. The van der Waals surface area contributed by atoms with E-state index in [0.29, 0.717) is 0 Å². The highest BCUT2D eigenvalue weighted by Crippen LogP contribution is 2.27. The first-order valence-electron chi connectivity index (χ1n) is 6.68. The molecular weight excluding hydrogens is 232 g/mol. The van der Waals surface area contributed by atoms with Crippen molar-refractivity contribution in [3.63, 3.8) is 0 Å². The molecule has 3 rings (SSSR count). The average Bonchev–Trinajstić information content (AvgIpc) is 2.85. The smallest absolute Gasteiger partial charge is 0.0491 e. The number of fused-ring (bicyclic) bond motifs is 1. The molecule has 0 aliphatic carbocycles. The van der Waals surface area contributed by atoms with Gasteiger partial charge in [0.05, 0.1) is 0 Å². The Balaban J connectivity index is 2.17. The summed E-state index contributed by atoms with van der Waals surface area (Å²) in [7, 11) is 1.99. The van der Waals surface area contributed by atoms with Crippen LogP contribution in [0.3, 0.4) is 0 Å². The first kappa shape index (κ1) is 12.0. The van der Waals surface area contributed by atoms with Crippen molar-refractivity contribution in [2.75, 3.05) is 13.6 Å². The summed E-state index contributed by atoms with van der Waals surface area (Å²) in [6.07, 6.45) is 0. The Labute approximate surface area is 113 Å². The lowest BCUT2D eigenvalue weighted by Gasteiger charge is -2.10. The van der Waals surface area contributed by atoms with E-state index in [1.807, 2.05) is 7.05 Å². The van der Waals surface area contributed by atoms with E-state index in [4.69, 9.17) is 0 Å². The molecule has 0 spiro atoms. The van der Waals surface area contributed by atoms with Crippen molar-refractivity contribution in [1.82, 2.24) is 9.88 Å². The molecule has 1 heterocycles. The van der Waals surface area contributed by atoms with Gasteiger partial charge in [0.15, 0.2) is 0 Å². The van der Waals surface area contributed by atoms with Crippen LogP contribution in [0.2, 0.25) is 0 Å². The third kappa shape index (κ3) is 2.27. The molecule has 2 aromatic carbocycles. The highest BCUT2D eigenvalue weighted by molar-refractivity contribution is 5.87. The van der Waals surface area contributed by atoms with E-state index in [-0.39, 0.29) is 0 Å². The van der Waals surface area contributed by atoms with E-state index in [9.17, 15) is 0 Å². The average molecular weight is 250 g/mol. The van der Waals surface area contributed by atoms with Gasteiger partial charge in [-0.15, -0.1) is 0 Å². The van der Waals surface area contributed by atoms with Crippen molar-refractivity contribution in [3.05, 3.63) is 60.7 Å². The Bertz CT molecular complexity index is 668. The van der Waals surface area contributed by atoms with Gasteiger partial charge >= 0.3 is 0 Å². The van der Waals surface area contributed by atoms with Gasteiger partial charge in [-0.2, -0.15) is 0 Å². The minimum absolute atomic E-state index is 0.971. The molecular formula is C17H18N2. The summed E-state index contributed by atoms with van der Waals surface area (Å²) in [5.74, 6) is 0. The van der Waals surface area contributed by atoms with Crippen LogP contribution in [-0.4, -0.2) is 18.2 Å². The molecule has 2 nitrogen and oxygen atoms in total. The number of nitrogens with one attached hydrogen (secondary N) is 1. The highest BCUT2D eigenvalue weighted by atomic mass is 15.0. The number of rotatable bonds is 4. The number of aromatic nitrogens is 1. The fourth-order valence-corrected chi connectivity index (χ4v) is 2.52. The summed E-state index contributed by atoms with van der Waals surface area (Å²) in [6, 6.07) is 21.4. The normalized spacial score (nSPS) is 11.0. The lowest BCUT2D eigenvalue weighted by molar-refractivity contribution is 0.667. The van der Waals surface area contributed by atoms with Gasteiger partial charge in [-0.1, -0.05) is 48.5 Å². The fourth-order valence-electron chi connectivity index (χ4n) is 2.52. The predicted molar refractivity (Wildman–Crippen MR) is 81.3 cm³/mol. The standard InChI is InChI=1S/C17H18N2/c1-18-11-12-19-16-10-6-5-9-15(16)13-17(19)14-7-3-2-4-8-14/h2-10,13,18H,11-12H2,1H3. The maximum Gasteiger partial charge on any atom is 0.0491 e. The number of nitrogens with zero attached hydrogens (tertiary/aromatic N) is 1. The van der Waals surface area contributed by atoms with Gasteiger partial charge in [0.25, 0.3) is 0 Å². The van der Waals surface area contributed by atoms with Gasteiger partial charge in [0.1, 0.15) is 0 Å². The second kappa shape index (κ2) is 5.29. The molecule has 0 saturated heterocycles.